The minimum absolute atomic E-state index is 0.0490. The van der Waals surface area contributed by atoms with Crippen LogP contribution < -0.4 is 0 Å². The van der Waals surface area contributed by atoms with Crippen LogP contribution in [0.3, 0.4) is 0 Å². The summed E-state index contributed by atoms with van der Waals surface area (Å²) in [4.78, 5) is 17.6. The molecule has 1 N–H and O–H groups in total. The predicted octanol–water partition coefficient (Wildman–Crippen LogP) is 5.66. The van der Waals surface area contributed by atoms with Gasteiger partial charge in [0.05, 0.1) is 11.6 Å². The van der Waals surface area contributed by atoms with E-state index in [2.05, 4.69) is 38.1 Å². The van der Waals surface area contributed by atoms with Crippen molar-refractivity contribution in [3.8, 4) is 0 Å². The third-order valence-electron chi connectivity index (χ3n) is 7.13. The molecule has 0 saturated heterocycles. The number of fused-ring (bicyclic) bond motifs is 3. The van der Waals surface area contributed by atoms with Gasteiger partial charge in [0.25, 0.3) is 0 Å². The SMILES string of the molecule is CC(C)O/N=C/c1cc2c(cc1C(C)C)CCC1C(C)(C(=O)O)CCC[C@]21C. The highest BCUT2D eigenvalue weighted by Gasteiger charge is 2.55. The van der Waals surface area contributed by atoms with Crippen LogP contribution in [0.1, 0.15) is 95.4 Å². The number of carboxylic acids is 1. The average Bonchev–Trinajstić information content (AvgIpc) is 2.60. The van der Waals surface area contributed by atoms with Gasteiger partial charge in [0, 0.05) is 0 Å². The number of aliphatic carboxylic acids is 1. The second-order valence-corrected chi connectivity index (χ2v) is 9.77. The quantitative estimate of drug-likeness (QED) is 0.525. The van der Waals surface area contributed by atoms with E-state index in [4.69, 9.17) is 4.84 Å². The van der Waals surface area contributed by atoms with Crippen LogP contribution in [0.15, 0.2) is 17.3 Å². The molecule has 0 aliphatic heterocycles. The standard InChI is InChI=1S/C24H35NO3/c1-15(2)19-12-17-8-9-21-23(5,10-7-11-24(21,6)22(26)27)20(17)13-18(19)14-25-28-16(3)4/h12-16,21H,7-11H2,1-6H3,(H,26,27)/b25-14+/t21?,23-,24?/m1/s1. The summed E-state index contributed by atoms with van der Waals surface area (Å²) < 4.78 is 0. The number of nitrogens with zero attached hydrogens (tertiary/aromatic N) is 1. The molecule has 1 aromatic rings. The summed E-state index contributed by atoms with van der Waals surface area (Å²) in [5.41, 5.74) is 4.35. The van der Waals surface area contributed by atoms with E-state index in [9.17, 15) is 9.90 Å². The Labute approximate surface area is 169 Å². The Morgan fingerprint density at radius 3 is 2.57 bits per heavy atom. The third kappa shape index (κ3) is 3.46. The molecule has 154 valence electrons. The molecule has 2 aliphatic rings. The summed E-state index contributed by atoms with van der Waals surface area (Å²) >= 11 is 0. The van der Waals surface area contributed by atoms with E-state index in [1.54, 1.807) is 0 Å². The Balaban J connectivity index is 2.10. The van der Waals surface area contributed by atoms with Gasteiger partial charge in [0.2, 0.25) is 0 Å². The molecule has 1 fully saturated rings. The monoisotopic (exact) mass is 385 g/mol. The Bertz CT molecular complexity index is 782. The number of hydrogen-bond acceptors (Lipinski definition) is 3. The molecule has 0 bridgehead atoms. The highest BCUT2D eigenvalue weighted by Crippen LogP contribution is 2.57. The van der Waals surface area contributed by atoms with E-state index in [1.807, 2.05) is 27.0 Å². The van der Waals surface area contributed by atoms with Crippen LogP contribution in [0.2, 0.25) is 0 Å². The lowest BCUT2D eigenvalue weighted by Crippen LogP contribution is -2.52. The first-order valence-electron chi connectivity index (χ1n) is 10.7. The first kappa shape index (κ1) is 20.9. The van der Waals surface area contributed by atoms with E-state index < -0.39 is 11.4 Å². The highest BCUT2D eigenvalue weighted by molar-refractivity contribution is 5.83. The van der Waals surface area contributed by atoms with Crippen molar-refractivity contribution in [1.82, 2.24) is 0 Å². The molecule has 28 heavy (non-hydrogen) atoms. The van der Waals surface area contributed by atoms with Gasteiger partial charge in [-0.1, -0.05) is 38.4 Å². The van der Waals surface area contributed by atoms with E-state index in [1.165, 1.54) is 16.7 Å². The number of oxime groups is 1. The van der Waals surface area contributed by atoms with Gasteiger partial charge in [-0.2, -0.15) is 0 Å². The average molecular weight is 386 g/mol. The van der Waals surface area contributed by atoms with Gasteiger partial charge in [-0.15, -0.1) is 0 Å². The van der Waals surface area contributed by atoms with Crippen molar-refractivity contribution < 1.29 is 14.7 Å². The number of aryl methyl sites for hydroxylation is 1. The van der Waals surface area contributed by atoms with Gasteiger partial charge in [0.1, 0.15) is 6.10 Å². The Kier molecular flexibility index (Phi) is 5.62. The lowest BCUT2D eigenvalue weighted by molar-refractivity contribution is -0.157. The molecule has 1 saturated carbocycles. The maximum Gasteiger partial charge on any atom is 0.309 e. The smallest absolute Gasteiger partial charge is 0.309 e. The highest BCUT2D eigenvalue weighted by atomic mass is 16.6. The molecule has 4 heteroatoms. The first-order chi connectivity index (χ1) is 13.1. The number of hydrogen-bond donors (Lipinski definition) is 1. The van der Waals surface area contributed by atoms with E-state index in [0.717, 1.165) is 37.7 Å². The van der Waals surface area contributed by atoms with Crippen LogP contribution in [-0.2, 0) is 21.5 Å². The third-order valence-corrected chi connectivity index (χ3v) is 7.13. The van der Waals surface area contributed by atoms with Crippen LogP contribution in [0, 0.1) is 11.3 Å². The molecule has 2 aliphatic carbocycles. The maximum atomic E-state index is 12.2. The Hall–Kier alpha value is -1.84. The van der Waals surface area contributed by atoms with Gasteiger partial charge >= 0.3 is 5.97 Å². The molecule has 3 rings (SSSR count). The number of benzene rings is 1. The molecular weight excluding hydrogens is 350 g/mol. The van der Waals surface area contributed by atoms with Crippen LogP contribution in [0.25, 0.3) is 0 Å². The van der Waals surface area contributed by atoms with Crippen LogP contribution in [0.4, 0.5) is 0 Å². The molecule has 2 unspecified atom stereocenters. The van der Waals surface area contributed by atoms with Crippen LogP contribution >= 0.6 is 0 Å². The van der Waals surface area contributed by atoms with Crippen LogP contribution in [0.5, 0.6) is 0 Å². The topological polar surface area (TPSA) is 58.9 Å². The molecule has 0 radical (unpaired) electrons. The predicted molar refractivity (Wildman–Crippen MR) is 113 cm³/mol. The summed E-state index contributed by atoms with van der Waals surface area (Å²) in [7, 11) is 0. The van der Waals surface area contributed by atoms with Gasteiger partial charge in [-0.3, -0.25) is 4.79 Å². The Morgan fingerprint density at radius 2 is 1.96 bits per heavy atom. The largest absolute Gasteiger partial charge is 0.481 e. The lowest BCUT2D eigenvalue weighted by atomic mass is 9.49. The summed E-state index contributed by atoms with van der Waals surface area (Å²) in [5.74, 6) is -0.0786. The second kappa shape index (κ2) is 7.53. The zero-order chi connectivity index (χ0) is 20.7. The first-order valence-corrected chi connectivity index (χ1v) is 10.7. The Morgan fingerprint density at radius 1 is 1.25 bits per heavy atom. The summed E-state index contributed by atoms with van der Waals surface area (Å²) in [5, 5.41) is 14.2. The van der Waals surface area contributed by atoms with E-state index in [-0.39, 0.29) is 17.4 Å². The second-order valence-electron chi connectivity index (χ2n) is 9.77. The van der Waals surface area contributed by atoms with Crippen molar-refractivity contribution in [3.63, 3.8) is 0 Å². The van der Waals surface area contributed by atoms with Gasteiger partial charge in [-0.25, -0.2) is 0 Å². The summed E-state index contributed by atoms with van der Waals surface area (Å²) in [6.07, 6.45) is 6.58. The van der Waals surface area contributed by atoms with Crippen molar-refractivity contribution >= 4 is 12.2 Å². The van der Waals surface area contributed by atoms with Gasteiger partial charge in [-0.05, 0) is 92.0 Å². The minimum atomic E-state index is -0.642. The molecule has 3 atom stereocenters. The van der Waals surface area contributed by atoms with Gasteiger partial charge < -0.3 is 9.94 Å². The fourth-order valence-electron chi connectivity index (χ4n) is 5.63. The molecule has 0 amide bonds. The van der Waals surface area contributed by atoms with Crippen LogP contribution in [-0.4, -0.2) is 23.4 Å². The van der Waals surface area contributed by atoms with Crippen molar-refractivity contribution in [2.45, 2.75) is 91.1 Å². The molecular formula is C24H35NO3. The number of carboxylic acid groups (broad SMARTS) is 1. The summed E-state index contributed by atoms with van der Waals surface area (Å²) in [6, 6.07) is 4.61. The van der Waals surface area contributed by atoms with Crippen molar-refractivity contribution in [2.75, 3.05) is 0 Å². The maximum absolute atomic E-state index is 12.2. The minimum Gasteiger partial charge on any atom is -0.481 e. The summed E-state index contributed by atoms with van der Waals surface area (Å²) in [6.45, 7) is 12.6. The number of carbonyl (C=O) groups is 1. The van der Waals surface area contributed by atoms with Crippen molar-refractivity contribution in [1.29, 1.82) is 0 Å². The molecule has 0 spiro atoms. The fourth-order valence-corrected chi connectivity index (χ4v) is 5.63. The molecule has 0 aromatic heterocycles. The van der Waals surface area contributed by atoms with Gasteiger partial charge in [0.15, 0.2) is 0 Å². The lowest BCUT2D eigenvalue weighted by Gasteiger charge is -2.53. The molecule has 0 heterocycles. The van der Waals surface area contributed by atoms with E-state index >= 15 is 0 Å². The number of rotatable bonds is 5. The molecule has 4 nitrogen and oxygen atoms in total. The van der Waals surface area contributed by atoms with Crippen molar-refractivity contribution in [2.24, 2.45) is 16.5 Å². The van der Waals surface area contributed by atoms with E-state index in [0.29, 0.717) is 5.92 Å². The van der Waals surface area contributed by atoms with Crippen molar-refractivity contribution in [3.05, 3.63) is 34.4 Å². The zero-order valence-electron chi connectivity index (χ0n) is 18.2. The zero-order valence-corrected chi connectivity index (χ0v) is 18.2. The fraction of sp³-hybridized carbons (Fsp3) is 0.667. The molecule has 1 aromatic carbocycles. The normalized spacial score (nSPS) is 29.8.